The van der Waals surface area contributed by atoms with Gasteiger partial charge in [0, 0.05) is 44.4 Å². The molecule has 0 saturated carbocycles. The van der Waals surface area contributed by atoms with Crippen molar-refractivity contribution in [1.29, 1.82) is 0 Å². The summed E-state index contributed by atoms with van der Waals surface area (Å²) < 4.78 is 5.48. The van der Waals surface area contributed by atoms with Gasteiger partial charge in [0.25, 0.3) is 0 Å². The summed E-state index contributed by atoms with van der Waals surface area (Å²) >= 11 is 1.68. The summed E-state index contributed by atoms with van der Waals surface area (Å²) in [4.78, 5) is 13.2. The number of nitrogens with two attached hydrogens (primary N) is 1. The second-order valence-electron chi connectivity index (χ2n) is 4.99. The summed E-state index contributed by atoms with van der Waals surface area (Å²) in [5, 5.41) is 3.10. The average Bonchev–Trinajstić information content (AvgIpc) is 3.05. The number of nitrogens with zero attached hydrogens (tertiary/aromatic N) is 4. The molecule has 1 aliphatic heterocycles. The third-order valence-corrected chi connectivity index (χ3v) is 4.28. The molecule has 21 heavy (non-hydrogen) atoms. The van der Waals surface area contributed by atoms with Crippen molar-refractivity contribution in [2.24, 2.45) is 10.7 Å². The molecule has 1 saturated heterocycles. The number of hydrogen-bond donors (Lipinski definition) is 1. The highest BCUT2D eigenvalue weighted by Gasteiger charge is 2.19. The van der Waals surface area contributed by atoms with Crippen LogP contribution >= 0.6 is 11.3 Å². The lowest BCUT2D eigenvalue weighted by Gasteiger charge is -2.35. The topological polar surface area (TPSA) is 67.0 Å². The number of ether oxygens (including phenoxy) is 1. The number of aliphatic imine (C=N–C) groups is 1. The van der Waals surface area contributed by atoms with Crippen molar-refractivity contribution >= 4 is 22.4 Å². The number of rotatable bonds is 7. The Morgan fingerprint density at radius 2 is 2.19 bits per heavy atom. The van der Waals surface area contributed by atoms with Crippen molar-refractivity contribution in [3.63, 3.8) is 0 Å². The lowest BCUT2D eigenvalue weighted by atomic mass is 10.3. The first-order chi connectivity index (χ1) is 10.3. The van der Waals surface area contributed by atoms with Gasteiger partial charge in [-0.05, 0) is 6.42 Å². The molecule has 1 aromatic rings. The van der Waals surface area contributed by atoms with Crippen LogP contribution in [0.25, 0.3) is 0 Å². The van der Waals surface area contributed by atoms with E-state index in [2.05, 4.69) is 26.7 Å². The van der Waals surface area contributed by atoms with Gasteiger partial charge in [0.1, 0.15) is 0 Å². The van der Waals surface area contributed by atoms with Gasteiger partial charge in [-0.3, -0.25) is 4.99 Å². The zero-order valence-corrected chi connectivity index (χ0v) is 13.5. The Hall–Kier alpha value is -1.34. The van der Waals surface area contributed by atoms with Crippen LogP contribution in [0, 0.1) is 0 Å². The highest BCUT2D eigenvalue weighted by molar-refractivity contribution is 7.13. The molecule has 0 atom stereocenters. The highest BCUT2D eigenvalue weighted by Crippen LogP contribution is 2.18. The zero-order valence-electron chi connectivity index (χ0n) is 12.7. The standard InChI is InChI=1S/C14H25N5OS/c1-2-3-10-20-11-4-16-13(15)18-6-8-19(9-7-18)14-17-5-12-21-14/h5,12H,2-4,6-11H2,1H3,(H2,15,16). The second-order valence-corrected chi connectivity index (χ2v) is 5.87. The largest absolute Gasteiger partial charge is 0.380 e. The van der Waals surface area contributed by atoms with Crippen LogP contribution in [-0.4, -0.2) is 61.8 Å². The molecule has 0 amide bonds. The molecule has 1 fully saturated rings. The predicted octanol–water partition coefficient (Wildman–Crippen LogP) is 1.40. The van der Waals surface area contributed by atoms with E-state index in [-0.39, 0.29) is 0 Å². The van der Waals surface area contributed by atoms with Gasteiger partial charge in [0.15, 0.2) is 11.1 Å². The van der Waals surface area contributed by atoms with E-state index in [1.165, 1.54) is 0 Å². The predicted molar refractivity (Wildman–Crippen MR) is 88.1 cm³/mol. The molecule has 7 heteroatoms. The number of guanidine groups is 1. The maximum Gasteiger partial charge on any atom is 0.191 e. The molecule has 0 bridgehead atoms. The van der Waals surface area contributed by atoms with Crippen molar-refractivity contribution in [3.8, 4) is 0 Å². The van der Waals surface area contributed by atoms with Gasteiger partial charge < -0.3 is 20.3 Å². The van der Waals surface area contributed by atoms with Crippen LogP contribution in [0.1, 0.15) is 19.8 Å². The molecule has 0 aliphatic carbocycles. The molecule has 6 nitrogen and oxygen atoms in total. The number of hydrogen-bond acceptors (Lipinski definition) is 5. The van der Waals surface area contributed by atoms with E-state index in [0.717, 1.165) is 50.8 Å². The second kappa shape index (κ2) is 8.84. The highest BCUT2D eigenvalue weighted by atomic mass is 32.1. The molecule has 2 rings (SSSR count). The summed E-state index contributed by atoms with van der Waals surface area (Å²) in [6, 6.07) is 0. The van der Waals surface area contributed by atoms with Crippen molar-refractivity contribution in [1.82, 2.24) is 9.88 Å². The Bertz CT molecular complexity index is 415. The van der Waals surface area contributed by atoms with Gasteiger partial charge in [-0.15, -0.1) is 11.3 Å². The zero-order chi connectivity index (χ0) is 14.9. The number of aromatic nitrogens is 1. The van der Waals surface area contributed by atoms with Crippen LogP contribution in [0.4, 0.5) is 5.13 Å². The van der Waals surface area contributed by atoms with Crippen LogP contribution < -0.4 is 10.6 Å². The Labute approximate surface area is 130 Å². The Morgan fingerprint density at radius 1 is 1.38 bits per heavy atom. The van der Waals surface area contributed by atoms with E-state index in [1.807, 2.05) is 11.6 Å². The van der Waals surface area contributed by atoms with Gasteiger partial charge in [-0.25, -0.2) is 4.98 Å². The van der Waals surface area contributed by atoms with E-state index < -0.39 is 0 Å². The van der Waals surface area contributed by atoms with Crippen molar-refractivity contribution in [2.75, 3.05) is 50.8 Å². The van der Waals surface area contributed by atoms with Crippen LogP contribution in [0.15, 0.2) is 16.6 Å². The van der Waals surface area contributed by atoms with E-state index in [4.69, 9.17) is 10.5 Å². The van der Waals surface area contributed by atoms with Gasteiger partial charge in [0.2, 0.25) is 0 Å². The first-order valence-corrected chi connectivity index (χ1v) is 8.46. The molecular formula is C14H25N5OS. The summed E-state index contributed by atoms with van der Waals surface area (Å²) in [7, 11) is 0. The van der Waals surface area contributed by atoms with Crippen LogP contribution in [-0.2, 0) is 4.74 Å². The van der Waals surface area contributed by atoms with E-state index in [9.17, 15) is 0 Å². The monoisotopic (exact) mass is 311 g/mol. The number of unbranched alkanes of at least 4 members (excludes halogenated alkanes) is 1. The molecule has 0 aromatic carbocycles. The maximum atomic E-state index is 6.04. The Balaban J connectivity index is 1.66. The van der Waals surface area contributed by atoms with Crippen molar-refractivity contribution < 1.29 is 4.74 Å². The quantitative estimate of drug-likeness (QED) is 0.468. The minimum atomic E-state index is 0.632. The fraction of sp³-hybridized carbons (Fsp3) is 0.714. The minimum absolute atomic E-state index is 0.632. The van der Waals surface area contributed by atoms with E-state index >= 15 is 0 Å². The third-order valence-electron chi connectivity index (χ3n) is 3.45. The smallest absolute Gasteiger partial charge is 0.191 e. The minimum Gasteiger partial charge on any atom is -0.380 e. The Kier molecular flexibility index (Phi) is 6.75. The molecule has 0 spiro atoms. The molecule has 1 aliphatic rings. The van der Waals surface area contributed by atoms with Crippen molar-refractivity contribution in [2.45, 2.75) is 19.8 Å². The lowest BCUT2D eigenvalue weighted by molar-refractivity contribution is 0.138. The summed E-state index contributed by atoms with van der Waals surface area (Å²) in [5.41, 5.74) is 6.04. The van der Waals surface area contributed by atoms with E-state index in [1.54, 1.807) is 11.3 Å². The Morgan fingerprint density at radius 3 is 2.86 bits per heavy atom. The number of anilines is 1. The normalized spacial score (nSPS) is 16.5. The molecular weight excluding hydrogens is 286 g/mol. The molecule has 2 N–H and O–H groups in total. The fourth-order valence-corrected chi connectivity index (χ4v) is 2.87. The summed E-state index contributed by atoms with van der Waals surface area (Å²) in [6.45, 7) is 7.94. The molecule has 2 heterocycles. The lowest BCUT2D eigenvalue weighted by Crippen LogP contribution is -2.51. The van der Waals surface area contributed by atoms with Crippen LogP contribution in [0.5, 0.6) is 0 Å². The summed E-state index contributed by atoms with van der Waals surface area (Å²) in [6.07, 6.45) is 4.12. The molecule has 0 unspecified atom stereocenters. The van der Waals surface area contributed by atoms with Gasteiger partial charge in [-0.2, -0.15) is 0 Å². The first kappa shape index (κ1) is 16.0. The van der Waals surface area contributed by atoms with Crippen LogP contribution in [0.2, 0.25) is 0 Å². The number of piperazine rings is 1. The van der Waals surface area contributed by atoms with E-state index in [0.29, 0.717) is 19.1 Å². The number of thiazole rings is 1. The van der Waals surface area contributed by atoms with Crippen molar-refractivity contribution in [3.05, 3.63) is 11.6 Å². The first-order valence-electron chi connectivity index (χ1n) is 7.58. The van der Waals surface area contributed by atoms with Crippen LogP contribution in [0.3, 0.4) is 0 Å². The van der Waals surface area contributed by atoms with Gasteiger partial charge >= 0.3 is 0 Å². The van der Waals surface area contributed by atoms with Gasteiger partial charge in [-0.1, -0.05) is 13.3 Å². The molecule has 1 aromatic heterocycles. The maximum absolute atomic E-state index is 6.04. The average molecular weight is 311 g/mol. The molecule has 0 radical (unpaired) electrons. The fourth-order valence-electron chi connectivity index (χ4n) is 2.17. The SMILES string of the molecule is CCCCOCCN=C(N)N1CCN(c2nccs2)CC1. The van der Waals surface area contributed by atoms with Gasteiger partial charge in [0.05, 0.1) is 13.2 Å². The molecule has 118 valence electrons. The summed E-state index contributed by atoms with van der Waals surface area (Å²) in [5.74, 6) is 0.632. The third kappa shape index (κ3) is 5.17.